The number of nitrogens with zero attached hydrogens (tertiary/aromatic N) is 1. The standard InChI is InChI=1S/C23H25ClN2O4/c1-14-7-6-10-20(15(14)2)26-13-16(11-21(26)27)23(29)25-19(12-22(28)30-3)17-8-4-5-9-18(17)24/h4-10,16,19H,11-13H2,1-3H3,(H,25,29). The van der Waals surface area contributed by atoms with Crippen molar-refractivity contribution < 1.29 is 19.1 Å². The Morgan fingerprint density at radius 2 is 1.93 bits per heavy atom. The van der Waals surface area contributed by atoms with Gasteiger partial charge in [-0.2, -0.15) is 0 Å². The lowest BCUT2D eigenvalue weighted by Crippen LogP contribution is -2.36. The maximum absolute atomic E-state index is 13.0. The Kier molecular flexibility index (Phi) is 6.77. The summed E-state index contributed by atoms with van der Waals surface area (Å²) in [5.41, 5.74) is 3.57. The van der Waals surface area contributed by atoms with E-state index in [2.05, 4.69) is 5.32 Å². The second-order valence-electron chi connectivity index (χ2n) is 7.49. The number of ether oxygens (including phenoxy) is 1. The molecule has 2 atom stereocenters. The van der Waals surface area contributed by atoms with Crippen molar-refractivity contribution in [1.29, 1.82) is 0 Å². The number of halogens is 1. The number of nitrogens with one attached hydrogen (secondary N) is 1. The number of hydrogen-bond donors (Lipinski definition) is 1. The van der Waals surface area contributed by atoms with Crippen LogP contribution in [0.2, 0.25) is 5.02 Å². The van der Waals surface area contributed by atoms with Crippen molar-refractivity contribution in [2.45, 2.75) is 32.7 Å². The summed E-state index contributed by atoms with van der Waals surface area (Å²) >= 11 is 6.28. The monoisotopic (exact) mass is 428 g/mol. The lowest BCUT2D eigenvalue weighted by Gasteiger charge is -2.22. The van der Waals surface area contributed by atoms with Crippen molar-refractivity contribution >= 4 is 35.1 Å². The zero-order chi connectivity index (χ0) is 21.8. The maximum Gasteiger partial charge on any atom is 0.307 e. The summed E-state index contributed by atoms with van der Waals surface area (Å²) in [6, 6.07) is 12.2. The molecule has 1 aliphatic heterocycles. The third-order valence-electron chi connectivity index (χ3n) is 5.56. The quantitative estimate of drug-likeness (QED) is 0.711. The fraction of sp³-hybridized carbons (Fsp3) is 0.348. The fourth-order valence-electron chi connectivity index (χ4n) is 3.68. The molecule has 1 heterocycles. The van der Waals surface area contributed by atoms with Crippen molar-refractivity contribution in [3.8, 4) is 0 Å². The SMILES string of the molecule is COC(=O)CC(NC(=O)C1CC(=O)N(c2cccc(C)c2C)C1)c1ccccc1Cl. The van der Waals surface area contributed by atoms with Crippen LogP contribution >= 0.6 is 11.6 Å². The summed E-state index contributed by atoms with van der Waals surface area (Å²) in [5.74, 6) is -1.35. The summed E-state index contributed by atoms with van der Waals surface area (Å²) < 4.78 is 4.77. The molecule has 2 aromatic carbocycles. The molecular weight excluding hydrogens is 404 g/mol. The molecule has 0 radical (unpaired) electrons. The van der Waals surface area contributed by atoms with Crippen LogP contribution in [0.5, 0.6) is 0 Å². The van der Waals surface area contributed by atoms with E-state index in [0.717, 1.165) is 16.8 Å². The van der Waals surface area contributed by atoms with Gasteiger partial charge in [-0.25, -0.2) is 0 Å². The number of rotatable bonds is 6. The van der Waals surface area contributed by atoms with Gasteiger partial charge < -0.3 is 15.0 Å². The van der Waals surface area contributed by atoms with Crippen molar-refractivity contribution in [3.63, 3.8) is 0 Å². The molecule has 1 saturated heterocycles. The lowest BCUT2D eigenvalue weighted by atomic mass is 10.0. The average Bonchev–Trinajstić information content (AvgIpc) is 3.11. The number of methoxy groups -OCH3 is 1. The molecule has 2 amide bonds. The summed E-state index contributed by atoms with van der Waals surface area (Å²) in [4.78, 5) is 39.2. The summed E-state index contributed by atoms with van der Waals surface area (Å²) in [7, 11) is 1.30. The first-order valence-electron chi connectivity index (χ1n) is 9.80. The van der Waals surface area contributed by atoms with Gasteiger partial charge in [0.2, 0.25) is 11.8 Å². The van der Waals surface area contributed by atoms with Gasteiger partial charge in [0.05, 0.1) is 25.5 Å². The van der Waals surface area contributed by atoms with E-state index in [4.69, 9.17) is 16.3 Å². The van der Waals surface area contributed by atoms with Crippen LogP contribution in [-0.4, -0.2) is 31.4 Å². The Balaban J connectivity index is 1.78. The molecule has 30 heavy (non-hydrogen) atoms. The molecule has 2 aromatic rings. The predicted molar refractivity (Wildman–Crippen MR) is 115 cm³/mol. The highest BCUT2D eigenvalue weighted by Gasteiger charge is 2.37. The van der Waals surface area contributed by atoms with E-state index in [0.29, 0.717) is 17.1 Å². The van der Waals surface area contributed by atoms with Crippen LogP contribution in [0, 0.1) is 19.8 Å². The summed E-state index contributed by atoms with van der Waals surface area (Å²) in [6.07, 6.45) is 0.0695. The normalized spacial score (nSPS) is 17.0. The van der Waals surface area contributed by atoms with E-state index >= 15 is 0 Å². The molecule has 2 unspecified atom stereocenters. The van der Waals surface area contributed by atoms with Gasteiger partial charge in [-0.05, 0) is 42.7 Å². The first-order chi connectivity index (χ1) is 14.3. The average molecular weight is 429 g/mol. The van der Waals surface area contributed by atoms with Crippen molar-refractivity contribution in [1.82, 2.24) is 5.32 Å². The van der Waals surface area contributed by atoms with Crippen LogP contribution in [0.4, 0.5) is 5.69 Å². The minimum Gasteiger partial charge on any atom is -0.469 e. The molecule has 1 fully saturated rings. The van der Waals surface area contributed by atoms with Crippen LogP contribution in [0.25, 0.3) is 0 Å². The highest BCUT2D eigenvalue weighted by Crippen LogP contribution is 2.31. The first kappa shape index (κ1) is 21.8. The molecule has 0 bridgehead atoms. The zero-order valence-corrected chi connectivity index (χ0v) is 18.0. The summed E-state index contributed by atoms with van der Waals surface area (Å²) in [5, 5.41) is 3.35. The van der Waals surface area contributed by atoms with E-state index in [9.17, 15) is 14.4 Å². The Hall–Kier alpha value is -2.86. The molecule has 158 valence electrons. The predicted octanol–water partition coefficient (Wildman–Crippen LogP) is 3.73. The number of benzene rings is 2. The van der Waals surface area contributed by atoms with Crippen LogP contribution in [0.1, 0.15) is 35.6 Å². The topological polar surface area (TPSA) is 75.7 Å². The second kappa shape index (κ2) is 9.30. The molecule has 1 aliphatic rings. The largest absolute Gasteiger partial charge is 0.469 e. The molecule has 3 rings (SSSR count). The smallest absolute Gasteiger partial charge is 0.307 e. The minimum atomic E-state index is -0.636. The third kappa shape index (κ3) is 4.65. The maximum atomic E-state index is 13.0. The molecule has 0 saturated carbocycles. The highest BCUT2D eigenvalue weighted by atomic mass is 35.5. The van der Waals surface area contributed by atoms with Gasteiger partial charge in [0.25, 0.3) is 0 Å². The minimum absolute atomic E-state index is 0.0483. The molecule has 0 aliphatic carbocycles. The van der Waals surface area contributed by atoms with Crippen molar-refractivity contribution in [2.24, 2.45) is 5.92 Å². The first-order valence-corrected chi connectivity index (χ1v) is 10.2. The van der Waals surface area contributed by atoms with Gasteiger partial charge in [-0.1, -0.05) is 41.9 Å². The number of anilines is 1. The number of carbonyl (C=O) groups excluding carboxylic acids is 3. The van der Waals surface area contributed by atoms with E-state index in [1.807, 2.05) is 32.0 Å². The molecular formula is C23H25ClN2O4. The Labute approximate surface area is 181 Å². The summed E-state index contributed by atoms with van der Waals surface area (Å²) in [6.45, 7) is 4.25. The molecule has 7 heteroatoms. The van der Waals surface area contributed by atoms with Crippen LogP contribution in [-0.2, 0) is 19.1 Å². The van der Waals surface area contributed by atoms with E-state index in [1.165, 1.54) is 7.11 Å². The Morgan fingerprint density at radius 3 is 2.63 bits per heavy atom. The van der Waals surface area contributed by atoms with Gasteiger partial charge in [-0.15, -0.1) is 0 Å². The van der Waals surface area contributed by atoms with Gasteiger partial charge in [-0.3, -0.25) is 14.4 Å². The number of amides is 2. The number of aryl methyl sites for hydroxylation is 1. The van der Waals surface area contributed by atoms with E-state index in [-0.39, 0.29) is 24.7 Å². The van der Waals surface area contributed by atoms with Crippen LogP contribution in [0.3, 0.4) is 0 Å². The second-order valence-corrected chi connectivity index (χ2v) is 7.89. The van der Waals surface area contributed by atoms with Gasteiger partial charge in [0, 0.05) is 23.7 Å². The van der Waals surface area contributed by atoms with Gasteiger partial charge in [0.15, 0.2) is 0 Å². The molecule has 0 aromatic heterocycles. The Bertz CT molecular complexity index is 975. The fourth-order valence-corrected chi connectivity index (χ4v) is 3.95. The third-order valence-corrected chi connectivity index (χ3v) is 5.90. The van der Waals surface area contributed by atoms with E-state index in [1.54, 1.807) is 29.2 Å². The van der Waals surface area contributed by atoms with Crippen LogP contribution < -0.4 is 10.2 Å². The molecule has 1 N–H and O–H groups in total. The Morgan fingerprint density at radius 1 is 1.20 bits per heavy atom. The van der Waals surface area contributed by atoms with Gasteiger partial charge >= 0.3 is 5.97 Å². The van der Waals surface area contributed by atoms with Crippen molar-refractivity contribution in [3.05, 3.63) is 64.2 Å². The molecule has 0 spiro atoms. The molecule has 6 nitrogen and oxygen atoms in total. The van der Waals surface area contributed by atoms with Gasteiger partial charge in [0.1, 0.15) is 0 Å². The number of hydrogen-bond acceptors (Lipinski definition) is 4. The number of esters is 1. The lowest BCUT2D eigenvalue weighted by molar-refractivity contribution is -0.141. The van der Waals surface area contributed by atoms with Crippen molar-refractivity contribution in [2.75, 3.05) is 18.6 Å². The van der Waals surface area contributed by atoms with Crippen LogP contribution in [0.15, 0.2) is 42.5 Å². The zero-order valence-electron chi connectivity index (χ0n) is 17.3. The number of carbonyl (C=O) groups is 3. The van der Waals surface area contributed by atoms with E-state index < -0.39 is 17.9 Å². The highest BCUT2D eigenvalue weighted by molar-refractivity contribution is 6.31.